The van der Waals surface area contributed by atoms with Gasteiger partial charge in [-0.15, -0.1) is 12.4 Å². The summed E-state index contributed by atoms with van der Waals surface area (Å²) in [7, 11) is 0. The fourth-order valence-electron chi connectivity index (χ4n) is 3.54. The smallest absolute Gasteiger partial charge is 0.0898 e. The first-order valence-electron chi connectivity index (χ1n) is 8.26. The van der Waals surface area contributed by atoms with Gasteiger partial charge in [-0.3, -0.25) is 9.58 Å². The van der Waals surface area contributed by atoms with Crippen LogP contribution in [0, 0.1) is 19.8 Å². The molecule has 126 valence electrons. The number of aromatic nitrogens is 2. The standard InChI is InChI=1S/C16H28N4O.ClH/c1-13-9-14(2)20(18-13)12-16-11-19(7-8-21-16)10-15-3-5-17-6-4-15;/h9,15-17H,3-8,10-12H2,1-2H3;1H. The van der Waals surface area contributed by atoms with Gasteiger partial charge in [0.15, 0.2) is 0 Å². The number of ether oxygens (including phenoxy) is 1. The number of nitrogens with zero attached hydrogens (tertiary/aromatic N) is 3. The number of aryl methyl sites for hydroxylation is 2. The van der Waals surface area contributed by atoms with Crippen LogP contribution < -0.4 is 5.32 Å². The van der Waals surface area contributed by atoms with E-state index in [-0.39, 0.29) is 18.5 Å². The third kappa shape index (κ3) is 4.69. The largest absolute Gasteiger partial charge is 0.374 e. The van der Waals surface area contributed by atoms with E-state index in [2.05, 4.69) is 39.9 Å². The van der Waals surface area contributed by atoms with Gasteiger partial charge in [0, 0.05) is 25.3 Å². The molecule has 0 aromatic carbocycles. The van der Waals surface area contributed by atoms with E-state index in [1.54, 1.807) is 0 Å². The SMILES string of the molecule is Cc1cc(C)n(CC2CN(CC3CCNCC3)CCO2)n1.Cl. The highest BCUT2D eigenvalue weighted by atomic mass is 35.5. The quantitative estimate of drug-likeness (QED) is 0.912. The van der Waals surface area contributed by atoms with Gasteiger partial charge in [-0.25, -0.2) is 0 Å². The van der Waals surface area contributed by atoms with E-state index >= 15 is 0 Å². The molecule has 3 heterocycles. The van der Waals surface area contributed by atoms with Crippen LogP contribution in [-0.2, 0) is 11.3 Å². The zero-order valence-electron chi connectivity index (χ0n) is 13.8. The van der Waals surface area contributed by atoms with Gasteiger partial charge in [0.1, 0.15) is 0 Å². The first-order valence-corrected chi connectivity index (χ1v) is 8.26. The summed E-state index contributed by atoms with van der Waals surface area (Å²) in [5.41, 5.74) is 2.32. The molecule has 1 N–H and O–H groups in total. The third-order valence-electron chi connectivity index (χ3n) is 4.68. The average Bonchev–Trinajstić information content (AvgIpc) is 2.78. The van der Waals surface area contributed by atoms with Crippen molar-refractivity contribution in [3.05, 3.63) is 17.5 Å². The molecule has 22 heavy (non-hydrogen) atoms. The van der Waals surface area contributed by atoms with Crippen LogP contribution in [0.25, 0.3) is 0 Å². The second kappa shape index (κ2) is 8.29. The normalized spacial score (nSPS) is 24.2. The van der Waals surface area contributed by atoms with E-state index < -0.39 is 0 Å². The number of nitrogens with one attached hydrogen (secondary N) is 1. The molecule has 1 aromatic rings. The van der Waals surface area contributed by atoms with E-state index in [1.165, 1.54) is 38.2 Å². The van der Waals surface area contributed by atoms with Gasteiger partial charge in [0.2, 0.25) is 0 Å². The lowest BCUT2D eigenvalue weighted by molar-refractivity contribution is -0.0429. The summed E-state index contributed by atoms with van der Waals surface area (Å²) in [4.78, 5) is 2.59. The van der Waals surface area contributed by atoms with Crippen LogP contribution in [0.15, 0.2) is 6.07 Å². The van der Waals surface area contributed by atoms with Crippen molar-refractivity contribution in [3.8, 4) is 0 Å². The molecule has 2 aliphatic heterocycles. The molecule has 3 rings (SSSR count). The molecule has 2 fully saturated rings. The predicted molar refractivity (Wildman–Crippen MR) is 90.7 cm³/mol. The van der Waals surface area contributed by atoms with Gasteiger partial charge >= 0.3 is 0 Å². The van der Waals surface area contributed by atoms with Crippen LogP contribution in [0.3, 0.4) is 0 Å². The Morgan fingerprint density at radius 1 is 1.27 bits per heavy atom. The Kier molecular flexibility index (Phi) is 6.68. The Hall–Kier alpha value is -0.620. The van der Waals surface area contributed by atoms with Gasteiger partial charge in [-0.1, -0.05) is 0 Å². The Morgan fingerprint density at radius 2 is 2.05 bits per heavy atom. The van der Waals surface area contributed by atoms with Gasteiger partial charge in [0.25, 0.3) is 0 Å². The number of hydrogen-bond acceptors (Lipinski definition) is 4. The molecule has 0 spiro atoms. The van der Waals surface area contributed by atoms with Crippen molar-refractivity contribution in [1.82, 2.24) is 20.0 Å². The fraction of sp³-hybridized carbons (Fsp3) is 0.812. The molecular formula is C16H29ClN4O. The highest BCUT2D eigenvalue weighted by molar-refractivity contribution is 5.85. The van der Waals surface area contributed by atoms with E-state index in [9.17, 15) is 0 Å². The zero-order chi connectivity index (χ0) is 14.7. The molecule has 2 saturated heterocycles. The minimum absolute atomic E-state index is 0. The van der Waals surface area contributed by atoms with Gasteiger partial charge in [-0.05, 0) is 51.8 Å². The maximum atomic E-state index is 5.95. The zero-order valence-corrected chi connectivity index (χ0v) is 14.6. The molecular weight excluding hydrogens is 300 g/mol. The Morgan fingerprint density at radius 3 is 2.73 bits per heavy atom. The molecule has 0 radical (unpaired) electrons. The summed E-state index contributed by atoms with van der Waals surface area (Å²) in [6, 6.07) is 2.13. The van der Waals surface area contributed by atoms with Gasteiger partial charge in [-0.2, -0.15) is 5.10 Å². The topological polar surface area (TPSA) is 42.3 Å². The monoisotopic (exact) mass is 328 g/mol. The highest BCUT2D eigenvalue weighted by Crippen LogP contribution is 2.16. The summed E-state index contributed by atoms with van der Waals surface area (Å²) in [6.45, 7) is 11.6. The Labute approximate surface area is 139 Å². The van der Waals surface area contributed by atoms with Crippen LogP contribution in [0.5, 0.6) is 0 Å². The van der Waals surface area contributed by atoms with E-state index in [4.69, 9.17) is 4.74 Å². The van der Waals surface area contributed by atoms with Gasteiger partial charge in [0.05, 0.1) is 24.9 Å². The van der Waals surface area contributed by atoms with Crippen LogP contribution in [-0.4, -0.2) is 60.1 Å². The van der Waals surface area contributed by atoms with E-state index in [1.807, 2.05) is 0 Å². The van der Waals surface area contributed by atoms with Crippen molar-refractivity contribution in [3.63, 3.8) is 0 Å². The molecule has 1 aromatic heterocycles. The third-order valence-corrected chi connectivity index (χ3v) is 4.68. The van der Waals surface area contributed by atoms with Crippen LogP contribution in [0.2, 0.25) is 0 Å². The van der Waals surface area contributed by atoms with Crippen LogP contribution in [0.4, 0.5) is 0 Å². The predicted octanol–water partition coefficient (Wildman–Crippen LogP) is 1.62. The Balaban J connectivity index is 0.00000176. The maximum absolute atomic E-state index is 5.95. The number of morpholine rings is 1. The van der Waals surface area contributed by atoms with Crippen molar-refractivity contribution in [1.29, 1.82) is 0 Å². The number of halogens is 1. The van der Waals surface area contributed by atoms with Crippen LogP contribution >= 0.6 is 12.4 Å². The van der Waals surface area contributed by atoms with Crippen molar-refractivity contribution >= 4 is 12.4 Å². The molecule has 2 aliphatic rings. The number of rotatable bonds is 4. The summed E-state index contributed by atoms with van der Waals surface area (Å²) in [5.74, 6) is 0.860. The summed E-state index contributed by atoms with van der Waals surface area (Å²) in [5, 5.41) is 8.00. The lowest BCUT2D eigenvalue weighted by Crippen LogP contribution is -2.47. The molecule has 0 aliphatic carbocycles. The lowest BCUT2D eigenvalue weighted by atomic mass is 9.97. The van der Waals surface area contributed by atoms with Crippen molar-refractivity contribution in [2.24, 2.45) is 5.92 Å². The van der Waals surface area contributed by atoms with E-state index in [0.717, 1.165) is 37.9 Å². The first-order chi connectivity index (χ1) is 10.2. The van der Waals surface area contributed by atoms with Crippen molar-refractivity contribution in [2.75, 3.05) is 39.3 Å². The molecule has 6 heteroatoms. The molecule has 0 saturated carbocycles. The summed E-state index contributed by atoms with van der Waals surface area (Å²) < 4.78 is 8.04. The number of piperidine rings is 1. The minimum Gasteiger partial charge on any atom is -0.374 e. The summed E-state index contributed by atoms with van der Waals surface area (Å²) >= 11 is 0. The number of hydrogen-bond donors (Lipinski definition) is 1. The summed E-state index contributed by atoms with van der Waals surface area (Å²) in [6.07, 6.45) is 2.91. The van der Waals surface area contributed by atoms with Crippen molar-refractivity contribution in [2.45, 2.75) is 39.3 Å². The second-order valence-electron chi connectivity index (χ2n) is 6.55. The highest BCUT2D eigenvalue weighted by Gasteiger charge is 2.24. The minimum atomic E-state index is 0. The van der Waals surface area contributed by atoms with Crippen LogP contribution in [0.1, 0.15) is 24.2 Å². The molecule has 5 nitrogen and oxygen atoms in total. The molecule has 1 unspecified atom stereocenters. The molecule has 0 bridgehead atoms. The first kappa shape index (κ1) is 17.7. The van der Waals surface area contributed by atoms with E-state index in [0.29, 0.717) is 0 Å². The fourth-order valence-corrected chi connectivity index (χ4v) is 3.54. The van der Waals surface area contributed by atoms with Gasteiger partial charge < -0.3 is 10.1 Å². The molecule has 0 amide bonds. The molecule has 1 atom stereocenters. The second-order valence-corrected chi connectivity index (χ2v) is 6.55. The van der Waals surface area contributed by atoms with Crippen molar-refractivity contribution < 1.29 is 4.74 Å². The maximum Gasteiger partial charge on any atom is 0.0898 e. The lowest BCUT2D eigenvalue weighted by Gasteiger charge is -2.36. The Bertz CT molecular complexity index is 459. The average molecular weight is 329 g/mol.